The number of nitrogens with zero attached hydrogens (tertiary/aromatic N) is 1. The minimum absolute atomic E-state index is 1.05. The highest BCUT2D eigenvalue weighted by atomic mass is 35.7. The third kappa shape index (κ3) is 3.74. The number of halogens is 1. The van der Waals surface area contributed by atoms with E-state index in [2.05, 4.69) is 40.4 Å². The summed E-state index contributed by atoms with van der Waals surface area (Å²) in [6, 6.07) is 8.71. The Morgan fingerprint density at radius 3 is 2.33 bits per heavy atom. The summed E-state index contributed by atoms with van der Waals surface area (Å²) in [4.78, 5) is 0. The normalized spacial score (nSPS) is 13.1. The predicted octanol–water partition coefficient (Wildman–Crippen LogP) is -2.77. The van der Waals surface area contributed by atoms with E-state index in [4.69, 9.17) is 18.6 Å². The van der Waals surface area contributed by atoms with Crippen LogP contribution in [0, 0.1) is 10.2 Å². The lowest BCUT2D eigenvalue weighted by Crippen LogP contribution is -2.68. The monoisotopic (exact) mass is 287 g/mol. The molecule has 0 bridgehead atoms. The molecule has 0 saturated heterocycles. The van der Waals surface area contributed by atoms with Gasteiger partial charge in [-0.1, -0.05) is 35.6 Å². The summed E-state index contributed by atoms with van der Waals surface area (Å²) in [6.45, 7) is 1.05. The van der Waals surface area contributed by atoms with Gasteiger partial charge in [0.1, 0.15) is 0 Å². The molecule has 5 nitrogen and oxygen atoms in total. The molecular weight excluding hydrogens is 278 g/mol. The van der Waals surface area contributed by atoms with Crippen LogP contribution in [0.2, 0.25) is 0 Å². The Kier molecular flexibility index (Phi) is 3.96. The standard InChI is InChI=1S/C11H10NS.ClHO4/c1-2-4-10-8-12-5-6-13-11(12)7-9(10)3-1;2-1(3,4)5/h1-6H,7-8H2;(H,2,3,4,5)/q+1;/p-1. The van der Waals surface area contributed by atoms with Crippen LogP contribution in [-0.4, -0.2) is 0 Å². The van der Waals surface area contributed by atoms with Gasteiger partial charge in [-0.25, -0.2) is 18.6 Å². The Hall–Kier alpha value is -1.02. The van der Waals surface area contributed by atoms with Crippen molar-refractivity contribution in [2.45, 2.75) is 13.0 Å². The quantitative estimate of drug-likeness (QED) is 0.418. The first-order chi connectivity index (χ1) is 8.43. The summed E-state index contributed by atoms with van der Waals surface area (Å²) in [5.41, 5.74) is 2.96. The molecule has 1 aromatic heterocycles. The Morgan fingerprint density at radius 2 is 1.67 bits per heavy atom. The van der Waals surface area contributed by atoms with E-state index in [0.29, 0.717) is 0 Å². The fraction of sp³-hybridized carbons (Fsp3) is 0.182. The number of thiazole rings is 1. The molecule has 2 aromatic rings. The summed E-state index contributed by atoms with van der Waals surface area (Å²) in [5, 5.41) is 3.64. The summed E-state index contributed by atoms with van der Waals surface area (Å²) < 4.78 is 36.3. The molecular formula is C11H10ClNO4S. The molecule has 1 aliphatic heterocycles. The van der Waals surface area contributed by atoms with Gasteiger partial charge in [-0.05, 0) is 5.56 Å². The molecule has 0 saturated carbocycles. The van der Waals surface area contributed by atoms with E-state index in [1.165, 1.54) is 16.1 Å². The SMILES string of the molecule is [O-][Cl+3]([O-])([O-])[O-].c1ccc2c(c1)Cc1scc[n+]1C2. The lowest BCUT2D eigenvalue weighted by molar-refractivity contribution is -2.00. The predicted molar refractivity (Wildman–Crippen MR) is 52.9 cm³/mol. The minimum atomic E-state index is -4.94. The maximum absolute atomic E-state index is 8.49. The highest BCUT2D eigenvalue weighted by Gasteiger charge is 2.21. The van der Waals surface area contributed by atoms with E-state index >= 15 is 0 Å². The molecule has 0 radical (unpaired) electrons. The van der Waals surface area contributed by atoms with Crippen molar-refractivity contribution in [3.05, 3.63) is 52.0 Å². The molecule has 7 heteroatoms. The van der Waals surface area contributed by atoms with E-state index in [0.717, 1.165) is 13.0 Å². The molecule has 2 heterocycles. The first kappa shape index (κ1) is 13.4. The van der Waals surface area contributed by atoms with Gasteiger partial charge in [0, 0.05) is 5.56 Å². The third-order valence-corrected chi connectivity index (χ3v) is 3.47. The molecule has 0 unspecified atom stereocenters. The highest BCUT2D eigenvalue weighted by Crippen LogP contribution is 2.19. The molecule has 1 aromatic carbocycles. The fourth-order valence-corrected chi connectivity index (χ4v) is 2.71. The van der Waals surface area contributed by atoms with Crippen LogP contribution in [0.4, 0.5) is 0 Å². The van der Waals surface area contributed by atoms with Crippen molar-refractivity contribution >= 4 is 11.3 Å². The van der Waals surface area contributed by atoms with Crippen LogP contribution < -0.4 is 23.2 Å². The highest BCUT2D eigenvalue weighted by molar-refractivity contribution is 7.09. The van der Waals surface area contributed by atoms with Crippen LogP contribution in [0.5, 0.6) is 0 Å². The Morgan fingerprint density at radius 1 is 1.06 bits per heavy atom. The number of rotatable bonds is 0. The number of hydrogen-bond acceptors (Lipinski definition) is 5. The van der Waals surface area contributed by atoms with Crippen LogP contribution in [0.15, 0.2) is 35.8 Å². The zero-order valence-corrected chi connectivity index (χ0v) is 10.8. The zero-order valence-electron chi connectivity index (χ0n) is 9.24. The van der Waals surface area contributed by atoms with Crippen molar-refractivity contribution in [1.82, 2.24) is 0 Å². The summed E-state index contributed by atoms with van der Waals surface area (Å²) in [5.74, 6) is 0. The molecule has 0 spiro atoms. The second kappa shape index (κ2) is 5.31. The van der Waals surface area contributed by atoms with E-state index in [9.17, 15) is 0 Å². The van der Waals surface area contributed by atoms with Gasteiger partial charge < -0.3 is 0 Å². The van der Waals surface area contributed by atoms with Crippen LogP contribution >= 0.6 is 11.3 Å². The number of benzene rings is 1. The minimum Gasteiger partial charge on any atom is -0.222 e. The molecule has 0 fully saturated rings. The summed E-state index contributed by atoms with van der Waals surface area (Å²) in [6.07, 6.45) is 3.28. The Bertz CT molecular complexity index is 492. The number of hydrogen-bond donors (Lipinski definition) is 0. The number of fused-ring (bicyclic) bond motifs is 2. The molecule has 3 rings (SSSR count). The average molecular weight is 288 g/mol. The van der Waals surface area contributed by atoms with Crippen molar-refractivity contribution in [3.8, 4) is 0 Å². The van der Waals surface area contributed by atoms with E-state index in [-0.39, 0.29) is 0 Å². The summed E-state index contributed by atoms with van der Waals surface area (Å²) in [7, 11) is -4.94. The third-order valence-electron chi connectivity index (χ3n) is 2.57. The van der Waals surface area contributed by atoms with Gasteiger partial charge in [-0.3, -0.25) is 0 Å². The van der Waals surface area contributed by atoms with Crippen molar-refractivity contribution < 1.29 is 33.4 Å². The zero-order chi connectivity index (χ0) is 13.2. The Labute approximate surface area is 110 Å². The second-order valence-electron chi connectivity index (χ2n) is 3.75. The topological polar surface area (TPSA) is 96.1 Å². The molecule has 0 N–H and O–H groups in total. The molecule has 18 heavy (non-hydrogen) atoms. The lowest BCUT2D eigenvalue weighted by Gasteiger charge is -2.17. The van der Waals surface area contributed by atoms with Crippen LogP contribution in [0.3, 0.4) is 0 Å². The average Bonchev–Trinajstić information content (AvgIpc) is 2.70. The van der Waals surface area contributed by atoms with Gasteiger partial charge in [-0.2, -0.15) is 4.57 Å². The van der Waals surface area contributed by atoms with Crippen molar-refractivity contribution in [1.29, 1.82) is 0 Å². The first-order valence-electron chi connectivity index (χ1n) is 5.08. The molecule has 0 amide bonds. The van der Waals surface area contributed by atoms with Crippen LogP contribution in [0.1, 0.15) is 16.1 Å². The lowest BCUT2D eigenvalue weighted by atomic mass is 10.0. The largest absolute Gasteiger partial charge is 0.241 e. The molecule has 1 aliphatic rings. The summed E-state index contributed by atoms with van der Waals surface area (Å²) >= 11 is 1.85. The smallest absolute Gasteiger partial charge is 0.222 e. The maximum atomic E-state index is 8.49. The molecule has 0 aliphatic carbocycles. The van der Waals surface area contributed by atoms with Gasteiger partial charge in [0.2, 0.25) is 5.01 Å². The number of aromatic nitrogens is 1. The molecule has 0 atom stereocenters. The van der Waals surface area contributed by atoms with Crippen molar-refractivity contribution in [3.63, 3.8) is 0 Å². The Balaban J connectivity index is 0.000000209. The maximum Gasteiger partial charge on any atom is 0.241 e. The van der Waals surface area contributed by atoms with Gasteiger partial charge >= 0.3 is 0 Å². The van der Waals surface area contributed by atoms with E-state index < -0.39 is 10.2 Å². The van der Waals surface area contributed by atoms with Gasteiger partial charge in [0.25, 0.3) is 0 Å². The van der Waals surface area contributed by atoms with Gasteiger partial charge in [0.15, 0.2) is 12.7 Å². The fourth-order valence-electron chi connectivity index (χ4n) is 1.85. The second-order valence-corrected chi connectivity index (χ2v) is 5.48. The van der Waals surface area contributed by atoms with Crippen LogP contribution in [0.25, 0.3) is 0 Å². The van der Waals surface area contributed by atoms with Gasteiger partial charge in [0.05, 0.1) is 11.8 Å². The van der Waals surface area contributed by atoms with Crippen molar-refractivity contribution in [2.75, 3.05) is 0 Å². The first-order valence-corrected chi connectivity index (χ1v) is 7.19. The van der Waals surface area contributed by atoms with E-state index in [1.54, 1.807) is 0 Å². The van der Waals surface area contributed by atoms with Crippen molar-refractivity contribution in [2.24, 2.45) is 0 Å². The van der Waals surface area contributed by atoms with Crippen LogP contribution in [-0.2, 0) is 13.0 Å². The van der Waals surface area contributed by atoms with E-state index in [1.807, 2.05) is 11.3 Å². The van der Waals surface area contributed by atoms with Gasteiger partial charge in [-0.15, -0.1) is 10.2 Å². The molecule has 96 valence electrons.